The number of aliphatic hydroxyl groups is 1. The summed E-state index contributed by atoms with van der Waals surface area (Å²) in [6.07, 6.45) is 11.9. The van der Waals surface area contributed by atoms with Gasteiger partial charge in [-0.2, -0.15) is 8.42 Å². The summed E-state index contributed by atoms with van der Waals surface area (Å²) in [5.74, 6) is -0.566. The van der Waals surface area contributed by atoms with Crippen LogP contribution in [0.2, 0.25) is 0 Å². The third-order valence-electron chi connectivity index (χ3n) is 13.6. The first-order valence-corrected chi connectivity index (χ1v) is 24.8. The number of phenols is 2. The summed E-state index contributed by atoms with van der Waals surface area (Å²) >= 11 is 0. The third kappa shape index (κ3) is 11.9. The quantitative estimate of drug-likeness (QED) is 0.0687. The van der Waals surface area contributed by atoms with Gasteiger partial charge in [-0.25, -0.2) is 5.14 Å². The zero-order valence-corrected chi connectivity index (χ0v) is 41.1. The molecule has 0 aromatic heterocycles. The molecule has 4 aliphatic rings. The van der Waals surface area contributed by atoms with Crippen LogP contribution in [-0.4, -0.2) is 88.0 Å². The van der Waals surface area contributed by atoms with Gasteiger partial charge in [0.05, 0.1) is 30.3 Å². The Kier molecular flexibility index (Phi) is 16.1. The lowest BCUT2D eigenvalue weighted by Crippen LogP contribution is -2.52. The molecule has 2 amide bonds. The molecule has 2 aromatic carbocycles. The maximum atomic E-state index is 14.1. The molecule has 0 saturated carbocycles. The highest BCUT2D eigenvalue weighted by Crippen LogP contribution is 2.49. The Balaban J connectivity index is 1.14. The van der Waals surface area contributed by atoms with E-state index >= 15 is 0 Å². The summed E-state index contributed by atoms with van der Waals surface area (Å²) < 4.78 is 48.6. The van der Waals surface area contributed by atoms with E-state index in [0.717, 1.165) is 31.3 Å². The summed E-state index contributed by atoms with van der Waals surface area (Å²) in [4.78, 5) is 42.8. The minimum Gasteiger partial charge on any atom is -0.508 e. The Labute approximate surface area is 395 Å². The number of phenolic OH excluding ortho intramolecular Hbond substituents is 2. The number of nitrogens with two attached hydrogens (primary N) is 1. The number of fused-ring (bicyclic) bond motifs is 6. The Morgan fingerprint density at radius 3 is 1.87 bits per heavy atom. The fourth-order valence-electron chi connectivity index (χ4n) is 9.59. The van der Waals surface area contributed by atoms with E-state index < -0.39 is 45.8 Å². The van der Waals surface area contributed by atoms with E-state index in [-0.39, 0.29) is 79.7 Å². The maximum absolute atomic E-state index is 14.1. The van der Waals surface area contributed by atoms with Crippen LogP contribution in [-0.2, 0) is 49.9 Å². The van der Waals surface area contributed by atoms with Crippen molar-refractivity contribution in [2.24, 2.45) is 5.14 Å². The number of carbonyl (C=O) groups excluding carboxylic acids is 3. The molecule has 15 nitrogen and oxygen atoms in total. The highest BCUT2D eigenvalue weighted by atomic mass is 32.2. The van der Waals surface area contributed by atoms with Crippen molar-refractivity contribution in [3.05, 3.63) is 92.1 Å². The number of rotatable bonds is 21. The molecule has 0 aliphatic carbocycles. The first-order chi connectivity index (χ1) is 31.5. The number of benzene rings is 2. The van der Waals surface area contributed by atoms with Gasteiger partial charge in [0.2, 0.25) is 0 Å². The van der Waals surface area contributed by atoms with Crippen LogP contribution in [0.15, 0.2) is 58.7 Å². The predicted octanol–water partition coefficient (Wildman–Crippen LogP) is 8.27. The molecule has 4 aliphatic heterocycles. The highest BCUT2D eigenvalue weighted by molar-refractivity contribution is 7.84. The number of allylic oxidation sites excluding steroid dienone is 8. The third-order valence-corrected chi connectivity index (χ3v) is 14.1. The molecule has 67 heavy (non-hydrogen) atoms. The number of ether oxygens (including phenoxy) is 3. The van der Waals surface area contributed by atoms with Crippen LogP contribution in [0.4, 0.5) is 0 Å². The van der Waals surface area contributed by atoms with Gasteiger partial charge in [-0.15, -0.1) is 0 Å². The summed E-state index contributed by atoms with van der Waals surface area (Å²) in [6, 6.07) is 2.74. The van der Waals surface area contributed by atoms with E-state index in [4.69, 9.17) is 23.5 Å². The average molecular weight is 948 g/mol. The SMILES string of the molecule is CC(C)=CCC/C(C)=C/CC[C@@]1(C)Oc2c(c(O)cc3c2CN([C@@H](CCCN2Cc4c(cc(O)c5c4O[C@](C)(CC/C=C(\C)CCC=C(C)C)[C@@H](O)C5)C2=O)OC=O)C3=O)C[C@@H]1OS(N)(=O)=O. The minimum atomic E-state index is -4.42. The number of amides is 2. The van der Waals surface area contributed by atoms with Crippen LogP contribution < -0.4 is 14.6 Å². The van der Waals surface area contributed by atoms with Crippen molar-refractivity contribution >= 4 is 28.6 Å². The van der Waals surface area contributed by atoms with Crippen molar-refractivity contribution in [2.75, 3.05) is 6.54 Å². The Bertz CT molecular complexity index is 2470. The molecule has 366 valence electrons. The second kappa shape index (κ2) is 21.0. The molecule has 6 rings (SSSR count). The molecule has 0 saturated heterocycles. The van der Waals surface area contributed by atoms with Crippen molar-refractivity contribution in [1.29, 1.82) is 0 Å². The Morgan fingerprint density at radius 1 is 0.791 bits per heavy atom. The Hall–Kier alpha value is -5.16. The van der Waals surface area contributed by atoms with E-state index in [9.17, 15) is 38.1 Å². The lowest BCUT2D eigenvalue weighted by molar-refractivity contribution is -0.141. The normalized spacial score (nSPS) is 22.8. The van der Waals surface area contributed by atoms with E-state index in [1.807, 2.05) is 27.7 Å². The van der Waals surface area contributed by atoms with Gasteiger partial charge < -0.3 is 34.4 Å². The van der Waals surface area contributed by atoms with Gasteiger partial charge in [-0.05, 0) is 125 Å². The topological polar surface area (TPSA) is 215 Å². The van der Waals surface area contributed by atoms with Crippen molar-refractivity contribution in [3.8, 4) is 23.0 Å². The molecule has 5 atom stereocenters. The lowest BCUT2D eigenvalue weighted by atomic mass is 9.84. The van der Waals surface area contributed by atoms with Crippen LogP contribution in [0.5, 0.6) is 23.0 Å². The summed E-state index contributed by atoms with van der Waals surface area (Å²) in [7, 11) is -4.42. The molecule has 0 spiro atoms. The standard InChI is InChI=1S/C51H69N3O12S/c1-31(2)14-9-16-33(5)18-11-21-50(7)43(58)26-37-41(56)24-35-39(46(37)64-50)28-53(48(35)59)23-13-20-45(63-30-55)54-29-40-36(49(54)60)25-42(57)38-27-44(66-67(52,61)62)51(8,65-47(38)40)22-12-19-34(6)17-10-15-32(3)4/h14-15,18-19,24-25,30,43-45,56-58H,9-13,16-17,20-23,26-29H2,1-8H3,(H2,52,61,62)/b33-18+,34-19+/t43-,44-,45+,50+,51+/m0/s1. The molecule has 2 aromatic rings. The maximum Gasteiger partial charge on any atom is 0.333 e. The van der Waals surface area contributed by atoms with E-state index in [0.29, 0.717) is 60.1 Å². The van der Waals surface area contributed by atoms with Crippen LogP contribution in [0.25, 0.3) is 0 Å². The average Bonchev–Trinajstić information content (AvgIpc) is 3.73. The van der Waals surface area contributed by atoms with Gasteiger partial charge in [0.15, 0.2) is 6.23 Å². The number of carbonyl (C=O) groups is 3. The number of hydrogen-bond acceptors (Lipinski definition) is 12. The fraction of sp³-hybridized carbons (Fsp3) is 0.549. The van der Waals surface area contributed by atoms with Crippen LogP contribution in [0.3, 0.4) is 0 Å². The zero-order valence-electron chi connectivity index (χ0n) is 40.3. The van der Waals surface area contributed by atoms with Crippen molar-refractivity contribution < 1.29 is 56.5 Å². The molecule has 0 bridgehead atoms. The molecule has 5 N–H and O–H groups in total. The van der Waals surface area contributed by atoms with Gasteiger partial charge in [0, 0.05) is 48.1 Å². The molecular weight excluding hydrogens is 879 g/mol. The number of hydrogen-bond donors (Lipinski definition) is 4. The largest absolute Gasteiger partial charge is 0.508 e. The van der Waals surface area contributed by atoms with Gasteiger partial charge in [0.25, 0.3) is 18.3 Å². The number of aliphatic hydroxyl groups excluding tert-OH is 1. The molecule has 0 unspecified atom stereocenters. The number of aromatic hydroxyl groups is 2. The minimum absolute atomic E-state index is 0.0395. The van der Waals surface area contributed by atoms with Crippen LogP contribution in [0.1, 0.15) is 163 Å². The summed E-state index contributed by atoms with van der Waals surface area (Å²) in [5.41, 5.74) is 5.00. The Morgan fingerprint density at radius 2 is 1.31 bits per heavy atom. The van der Waals surface area contributed by atoms with Crippen molar-refractivity contribution in [1.82, 2.24) is 9.80 Å². The number of nitrogens with zero attached hydrogens (tertiary/aromatic N) is 2. The zero-order chi connectivity index (χ0) is 49.0. The lowest BCUT2D eigenvalue weighted by Gasteiger charge is -2.42. The monoisotopic (exact) mass is 947 g/mol. The van der Waals surface area contributed by atoms with Gasteiger partial charge in [-0.1, -0.05) is 46.6 Å². The van der Waals surface area contributed by atoms with E-state index in [2.05, 4.69) is 45.1 Å². The summed E-state index contributed by atoms with van der Waals surface area (Å²) in [5, 5.41) is 38.9. The van der Waals surface area contributed by atoms with Crippen LogP contribution >= 0.6 is 0 Å². The molecule has 0 radical (unpaired) electrons. The second-order valence-corrected chi connectivity index (χ2v) is 20.8. The molecule has 4 heterocycles. The smallest absolute Gasteiger partial charge is 0.333 e. The first kappa shape index (κ1) is 51.2. The molecule has 16 heteroatoms. The van der Waals surface area contributed by atoms with E-state index in [1.165, 1.54) is 33.8 Å². The van der Waals surface area contributed by atoms with Crippen molar-refractivity contribution in [3.63, 3.8) is 0 Å². The molecular formula is C51H69N3O12S. The summed E-state index contributed by atoms with van der Waals surface area (Å²) in [6.45, 7) is 16.6. The highest BCUT2D eigenvalue weighted by Gasteiger charge is 2.48. The predicted molar refractivity (Wildman–Crippen MR) is 254 cm³/mol. The van der Waals surface area contributed by atoms with Crippen LogP contribution in [0, 0.1) is 0 Å². The van der Waals surface area contributed by atoms with Gasteiger partial charge in [0.1, 0.15) is 40.3 Å². The van der Waals surface area contributed by atoms with Gasteiger partial charge in [-0.3, -0.25) is 23.5 Å². The second-order valence-electron chi connectivity index (χ2n) is 19.6. The van der Waals surface area contributed by atoms with E-state index in [1.54, 1.807) is 11.8 Å². The fourth-order valence-corrected chi connectivity index (χ4v) is 10.2. The molecule has 0 fully saturated rings. The van der Waals surface area contributed by atoms with Gasteiger partial charge >= 0.3 is 10.3 Å². The van der Waals surface area contributed by atoms with Crippen molar-refractivity contribution in [2.45, 2.75) is 175 Å². The first-order valence-electron chi connectivity index (χ1n) is 23.3.